The fraction of sp³-hybridized carbons (Fsp3) is 0.667. The van der Waals surface area contributed by atoms with Crippen LogP contribution in [0.25, 0.3) is 0 Å². The van der Waals surface area contributed by atoms with Crippen molar-refractivity contribution < 1.29 is 4.79 Å². The summed E-state index contributed by atoms with van der Waals surface area (Å²) in [7, 11) is 0. The van der Waals surface area contributed by atoms with Gasteiger partial charge in [0.15, 0.2) is 0 Å². The Balaban J connectivity index is 3.04. The molecule has 0 saturated heterocycles. The van der Waals surface area contributed by atoms with Gasteiger partial charge in [0.05, 0.1) is 11.7 Å². The van der Waals surface area contributed by atoms with Gasteiger partial charge in [0.2, 0.25) is 6.08 Å². The second-order valence-electron chi connectivity index (χ2n) is 1.65. The van der Waals surface area contributed by atoms with Crippen molar-refractivity contribution in [3.63, 3.8) is 0 Å². The molecule has 0 N–H and O–H groups in total. The van der Waals surface area contributed by atoms with E-state index in [9.17, 15) is 4.79 Å². The lowest BCUT2D eigenvalue weighted by atomic mass is 10.3. The zero-order valence-electron chi connectivity index (χ0n) is 5.54. The highest BCUT2D eigenvalue weighted by molar-refractivity contribution is 7.78. The molecule has 4 heteroatoms. The molecule has 0 aliphatic heterocycles. The van der Waals surface area contributed by atoms with Crippen molar-refractivity contribution in [2.45, 2.75) is 12.8 Å². The van der Waals surface area contributed by atoms with Crippen molar-refractivity contribution in [2.24, 2.45) is 9.98 Å². The van der Waals surface area contributed by atoms with Gasteiger partial charge in [-0.1, -0.05) is 0 Å². The van der Waals surface area contributed by atoms with Gasteiger partial charge >= 0.3 is 0 Å². The van der Waals surface area contributed by atoms with E-state index >= 15 is 0 Å². The molecular formula is C6H8N2OS. The number of carbonyl (C=O) groups excluding carboxylic acids is 1. The van der Waals surface area contributed by atoms with E-state index in [0.717, 1.165) is 12.8 Å². The molecule has 0 aromatic carbocycles. The Labute approximate surface area is 64.9 Å². The second kappa shape index (κ2) is 8.18. The van der Waals surface area contributed by atoms with Crippen molar-refractivity contribution >= 4 is 23.5 Å². The topological polar surface area (TPSA) is 41.8 Å². The van der Waals surface area contributed by atoms with Crippen molar-refractivity contribution in [3.8, 4) is 0 Å². The van der Waals surface area contributed by atoms with Crippen LogP contribution in [0.2, 0.25) is 0 Å². The van der Waals surface area contributed by atoms with Gasteiger partial charge in [0, 0.05) is 6.54 Å². The maximum atomic E-state index is 9.55. The quantitative estimate of drug-likeness (QED) is 0.260. The average Bonchev–Trinajstić information content (AvgIpc) is 1.97. The zero-order chi connectivity index (χ0) is 7.66. The summed E-state index contributed by atoms with van der Waals surface area (Å²) in [6.07, 6.45) is 3.22. The predicted molar refractivity (Wildman–Crippen MR) is 42.1 cm³/mol. The summed E-state index contributed by atoms with van der Waals surface area (Å²) in [5, 5.41) is 2.26. The van der Waals surface area contributed by atoms with E-state index in [1.54, 1.807) is 0 Å². The molecule has 0 unspecified atom stereocenters. The smallest absolute Gasteiger partial charge is 0.233 e. The zero-order valence-corrected chi connectivity index (χ0v) is 6.36. The summed E-state index contributed by atoms with van der Waals surface area (Å²) in [5.74, 6) is 0. The highest BCUT2D eigenvalue weighted by Crippen LogP contribution is 1.88. The maximum absolute atomic E-state index is 9.55. The summed E-state index contributed by atoms with van der Waals surface area (Å²) in [4.78, 5) is 16.6. The lowest BCUT2D eigenvalue weighted by Crippen LogP contribution is -1.83. The van der Waals surface area contributed by atoms with Gasteiger partial charge in [-0.3, -0.25) is 0 Å². The number of rotatable bonds is 5. The van der Waals surface area contributed by atoms with Crippen LogP contribution in [0.15, 0.2) is 9.98 Å². The first-order valence-electron chi connectivity index (χ1n) is 2.99. The third-order valence-electron chi connectivity index (χ3n) is 0.919. The molecule has 0 amide bonds. The van der Waals surface area contributed by atoms with Gasteiger partial charge in [-0.25, -0.2) is 14.8 Å². The van der Waals surface area contributed by atoms with E-state index in [-0.39, 0.29) is 0 Å². The van der Waals surface area contributed by atoms with Gasteiger partial charge in [-0.05, 0) is 25.1 Å². The van der Waals surface area contributed by atoms with Crippen LogP contribution in [-0.4, -0.2) is 24.3 Å². The van der Waals surface area contributed by atoms with Gasteiger partial charge in [0.1, 0.15) is 0 Å². The molecule has 0 aliphatic rings. The third-order valence-corrected chi connectivity index (χ3v) is 1.05. The Morgan fingerprint density at radius 1 is 1.20 bits per heavy atom. The number of isocyanates is 1. The van der Waals surface area contributed by atoms with E-state index in [1.165, 1.54) is 6.08 Å². The molecule has 10 heavy (non-hydrogen) atoms. The molecule has 0 fully saturated rings. The summed E-state index contributed by atoms with van der Waals surface area (Å²) in [5.41, 5.74) is 0. The predicted octanol–water partition coefficient (Wildman–Crippen LogP) is 1.21. The number of thiocarbonyl (C=S) groups is 1. The molecule has 0 aliphatic carbocycles. The number of unbranched alkanes of at least 4 members (excludes halogenated alkanes) is 1. The molecule has 54 valence electrons. The lowest BCUT2D eigenvalue weighted by molar-refractivity contribution is 0.562. The van der Waals surface area contributed by atoms with Crippen LogP contribution in [0.4, 0.5) is 0 Å². The normalized spacial score (nSPS) is 7.60. The number of hydrogen-bond donors (Lipinski definition) is 0. The van der Waals surface area contributed by atoms with Gasteiger partial charge in [-0.2, -0.15) is 0 Å². The Morgan fingerprint density at radius 3 is 2.30 bits per heavy atom. The van der Waals surface area contributed by atoms with Crippen LogP contribution < -0.4 is 0 Å². The fourth-order valence-electron chi connectivity index (χ4n) is 0.473. The maximum Gasteiger partial charge on any atom is 0.234 e. The van der Waals surface area contributed by atoms with Crippen molar-refractivity contribution in [3.05, 3.63) is 0 Å². The van der Waals surface area contributed by atoms with Crippen molar-refractivity contribution in [2.75, 3.05) is 13.1 Å². The SMILES string of the molecule is O=C=NCCCCN=C=S. The first kappa shape index (κ1) is 9.18. The molecule has 3 nitrogen and oxygen atoms in total. The van der Waals surface area contributed by atoms with Crippen molar-refractivity contribution in [1.29, 1.82) is 0 Å². The number of aliphatic imine (C=N–C) groups is 2. The van der Waals surface area contributed by atoms with Crippen molar-refractivity contribution in [1.82, 2.24) is 0 Å². The van der Waals surface area contributed by atoms with E-state index < -0.39 is 0 Å². The molecule has 0 aromatic heterocycles. The summed E-state index contributed by atoms with van der Waals surface area (Å²) in [6.45, 7) is 1.22. The molecule has 0 atom stereocenters. The van der Waals surface area contributed by atoms with E-state index in [4.69, 9.17) is 0 Å². The molecule has 0 spiro atoms. The van der Waals surface area contributed by atoms with Crippen LogP contribution >= 0.6 is 12.2 Å². The van der Waals surface area contributed by atoms with Crippen LogP contribution in [0.1, 0.15) is 12.8 Å². The molecule has 0 aromatic rings. The lowest BCUT2D eigenvalue weighted by Gasteiger charge is -1.87. The van der Waals surface area contributed by atoms with Gasteiger partial charge in [-0.15, -0.1) is 0 Å². The van der Waals surface area contributed by atoms with Crippen LogP contribution in [0.3, 0.4) is 0 Å². The minimum atomic E-state index is 0.538. The van der Waals surface area contributed by atoms with Gasteiger partial charge in [0.25, 0.3) is 0 Å². The Morgan fingerprint density at radius 2 is 1.80 bits per heavy atom. The average molecular weight is 156 g/mol. The molecule has 0 heterocycles. The Bertz CT molecular complexity index is 149. The Hall–Kier alpha value is -0.820. The molecule has 0 rings (SSSR count). The first-order chi connectivity index (χ1) is 4.91. The molecule has 0 radical (unpaired) electrons. The highest BCUT2D eigenvalue weighted by atomic mass is 32.1. The summed E-state index contributed by atoms with van der Waals surface area (Å²) in [6, 6.07) is 0. The third kappa shape index (κ3) is 7.18. The minimum Gasteiger partial charge on any atom is -0.233 e. The number of hydrogen-bond acceptors (Lipinski definition) is 4. The largest absolute Gasteiger partial charge is 0.234 e. The number of isothiocyanates is 1. The van der Waals surface area contributed by atoms with E-state index in [1.807, 2.05) is 0 Å². The van der Waals surface area contributed by atoms with Crippen LogP contribution in [-0.2, 0) is 4.79 Å². The second-order valence-corrected chi connectivity index (χ2v) is 1.84. The van der Waals surface area contributed by atoms with E-state index in [2.05, 4.69) is 27.4 Å². The van der Waals surface area contributed by atoms with Crippen LogP contribution in [0.5, 0.6) is 0 Å². The number of nitrogens with zero attached hydrogens (tertiary/aromatic N) is 2. The fourth-order valence-corrected chi connectivity index (χ4v) is 0.564. The highest BCUT2D eigenvalue weighted by Gasteiger charge is 1.82. The first-order valence-corrected chi connectivity index (χ1v) is 3.40. The molecular weight excluding hydrogens is 148 g/mol. The summed E-state index contributed by atoms with van der Waals surface area (Å²) < 4.78 is 0. The van der Waals surface area contributed by atoms with Crippen LogP contribution in [0, 0.1) is 0 Å². The standard InChI is InChI=1S/C6H8N2OS/c9-5-7-3-1-2-4-8-6-10/h1-4H2. The molecule has 0 saturated carbocycles. The minimum absolute atomic E-state index is 0.538. The summed E-state index contributed by atoms with van der Waals surface area (Å²) >= 11 is 4.35. The van der Waals surface area contributed by atoms with E-state index in [0.29, 0.717) is 13.1 Å². The molecule has 0 bridgehead atoms. The monoisotopic (exact) mass is 156 g/mol. The van der Waals surface area contributed by atoms with Gasteiger partial charge < -0.3 is 0 Å². The Kier molecular flexibility index (Phi) is 7.51.